The lowest BCUT2D eigenvalue weighted by atomic mass is 10.0. The molecule has 0 aliphatic rings. The van der Waals surface area contributed by atoms with E-state index in [1.807, 2.05) is 0 Å². The van der Waals surface area contributed by atoms with Gasteiger partial charge >= 0.3 is 12.1 Å². The van der Waals surface area contributed by atoms with Gasteiger partial charge in [0.25, 0.3) is 0 Å². The number of methoxy groups -OCH3 is 1. The SMILES string of the molecule is COc1ccc2c(Cc3cccc(C(=O)O)n3)c(-c3ccc(C(F)(F)F)cc3)nn2c1. The highest BCUT2D eigenvalue weighted by molar-refractivity contribution is 5.85. The molecule has 0 unspecified atom stereocenters. The summed E-state index contributed by atoms with van der Waals surface area (Å²) in [6.45, 7) is 0. The van der Waals surface area contributed by atoms with Crippen LogP contribution in [-0.4, -0.2) is 32.8 Å². The molecule has 0 saturated heterocycles. The molecule has 0 amide bonds. The first-order chi connectivity index (χ1) is 14.8. The minimum absolute atomic E-state index is 0.0910. The van der Waals surface area contributed by atoms with Gasteiger partial charge in [0.15, 0.2) is 0 Å². The molecule has 9 heteroatoms. The second-order valence-electron chi connectivity index (χ2n) is 6.80. The number of benzene rings is 1. The fraction of sp³-hybridized carbons (Fsp3) is 0.136. The minimum atomic E-state index is -4.44. The normalized spacial score (nSPS) is 11.6. The Bertz CT molecular complexity index is 1260. The number of pyridine rings is 2. The number of hydrogen-bond acceptors (Lipinski definition) is 4. The van der Waals surface area contributed by atoms with E-state index in [4.69, 9.17) is 4.74 Å². The Morgan fingerprint density at radius 1 is 1.10 bits per heavy atom. The van der Waals surface area contributed by atoms with E-state index < -0.39 is 17.7 Å². The molecule has 3 heterocycles. The standard InChI is InChI=1S/C22H16F3N3O3/c1-31-16-9-10-19-17(11-15-3-2-4-18(26-15)21(29)30)20(27-28(19)12-16)13-5-7-14(8-6-13)22(23,24)25/h2-10,12H,11H2,1H3,(H,29,30). The van der Waals surface area contributed by atoms with Gasteiger partial charge in [-0.3, -0.25) is 0 Å². The van der Waals surface area contributed by atoms with Gasteiger partial charge in [0.2, 0.25) is 0 Å². The number of aromatic carboxylic acids is 1. The molecule has 31 heavy (non-hydrogen) atoms. The van der Waals surface area contributed by atoms with E-state index in [1.54, 1.807) is 35.0 Å². The van der Waals surface area contributed by atoms with Crippen LogP contribution in [0.2, 0.25) is 0 Å². The summed E-state index contributed by atoms with van der Waals surface area (Å²) in [4.78, 5) is 15.4. The van der Waals surface area contributed by atoms with Crippen molar-refractivity contribution in [3.05, 3.63) is 83.3 Å². The highest BCUT2D eigenvalue weighted by atomic mass is 19.4. The van der Waals surface area contributed by atoms with Gasteiger partial charge in [0.1, 0.15) is 11.4 Å². The van der Waals surface area contributed by atoms with Crippen molar-refractivity contribution in [1.29, 1.82) is 0 Å². The molecule has 6 nitrogen and oxygen atoms in total. The fourth-order valence-corrected chi connectivity index (χ4v) is 3.30. The van der Waals surface area contributed by atoms with Crippen LogP contribution in [0.1, 0.15) is 27.3 Å². The van der Waals surface area contributed by atoms with Gasteiger partial charge in [-0.1, -0.05) is 18.2 Å². The van der Waals surface area contributed by atoms with Crippen molar-refractivity contribution >= 4 is 11.5 Å². The number of ether oxygens (including phenoxy) is 1. The van der Waals surface area contributed by atoms with Crippen LogP contribution in [0.15, 0.2) is 60.8 Å². The van der Waals surface area contributed by atoms with Crippen molar-refractivity contribution in [2.24, 2.45) is 0 Å². The zero-order valence-electron chi connectivity index (χ0n) is 16.2. The van der Waals surface area contributed by atoms with Crippen LogP contribution in [0.4, 0.5) is 13.2 Å². The maximum Gasteiger partial charge on any atom is 0.416 e. The maximum atomic E-state index is 13.0. The number of alkyl halides is 3. The Morgan fingerprint density at radius 3 is 2.48 bits per heavy atom. The van der Waals surface area contributed by atoms with Crippen LogP contribution in [-0.2, 0) is 12.6 Å². The number of carboxylic acid groups (broad SMARTS) is 1. The van der Waals surface area contributed by atoms with Crippen molar-refractivity contribution in [3.8, 4) is 17.0 Å². The van der Waals surface area contributed by atoms with Gasteiger partial charge in [-0.15, -0.1) is 0 Å². The quantitative estimate of drug-likeness (QED) is 0.499. The maximum absolute atomic E-state index is 13.0. The Kier molecular flexibility index (Phi) is 5.10. The van der Waals surface area contributed by atoms with Crippen LogP contribution in [0.3, 0.4) is 0 Å². The van der Waals surface area contributed by atoms with Gasteiger partial charge in [-0.2, -0.15) is 18.3 Å². The van der Waals surface area contributed by atoms with Crippen molar-refractivity contribution < 1.29 is 27.8 Å². The van der Waals surface area contributed by atoms with Crippen molar-refractivity contribution in [2.75, 3.05) is 7.11 Å². The summed E-state index contributed by atoms with van der Waals surface area (Å²) in [6, 6.07) is 13.0. The van der Waals surface area contributed by atoms with Gasteiger partial charge in [0, 0.05) is 23.2 Å². The van der Waals surface area contributed by atoms with Gasteiger partial charge in [-0.05, 0) is 36.4 Å². The first kappa shape index (κ1) is 20.4. The monoisotopic (exact) mass is 427 g/mol. The number of hydrogen-bond donors (Lipinski definition) is 1. The van der Waals surface area contributed by atoms with Crippen LogP contribution in [0, 0.1) is 0 Å². The minimum Gasteiger partial charge on any atom is -0.495 e. The average molecular weight is 427 g/mol. The number of rotatable bonds is 5. The van der Waals surface area contributed by atoms with Crippen LogP contribution in [0.5, 0.6) is 5.75 Å². The van der Waals surface area contributed by atoms with Crippen LogP contribution < -0.4 is 4.74 Å². The molecule has 4 aromatic rings. The molecule has 1 N–H and O–H groups in total. The third-order valence-corrected chi connectivity index (χ3v) is 4.81. The summed E-state index contributed by atoms with van der Waals surface area (Å²) in [7, 11) is 1.52. The molecule has 0 atom stereocenters. The predicted molar refractivity (Wildman–Crippen MR) is 106 cm³/mol. The number of aromatic nitrogens is 3. The molecule has 0 aliphatic heterocycles. The number of carbonyl (C=O) groups is 1. The largest absolute Gasteiger partial charge is 0.495 e. The molecule has 0 radical (unpaired) electrons. The lowest BCUT2D eigenvalue weighted by Gasteiger charge is -2.08. The summed E-state index contributed by atoms with van der Waals surface area (Å²) in [6.07, 6.45) is -2.53. The number of carboxylic acids is 1. The van der Waals surface area contributed by atoms with E-state index in [1.165, 1.54) is 25.3 Å². The Balaban J connectivity index is 1.84. The number of halogens is 3. The second-order valence-corrected chi connectivity index (χ2v) is 6.80. The lowest BCUT2D eigenvalue weighted by Crippen LogP contribution is -2.04. The first-order valence-corrected chi connectivity index (χ1v) is 9.18. The lowest BCUT2D eigenvalue weighted by molar-refractivity contribution is -0.137. The molecule has 0 spiro atoms. The van der Waals surface area contributed by atoms with Crippen molar-refractivity contribution in [2.45, 2.75) is 12.6 Å². The topological polar surface area (TPSA) is 76.7 Å². The number of nitrogens with zero attached hydrogens (tertiary/aromatic N) is 3. The molecule has 0 bridgehead atoms. The van der Waals surface area contributed by atoms with Gasteiger partial charge in [0.05, 0.1) is 30.1 Å². The summed E-state index contributed by atoms with van der Waals surface area (Å²) >= 11 is 0. The average Bonchev–Trinajstić information content (AvgIpc) is 3.10. The highest BCUT2D eigenvalue weighted by Gasteiger charge is 2.30. The summed E-state index contributed by atoms with van der Waals surface area (Å²) < 4.78 is 45.7. The molecule has 1 aromatic carbocycles. The van der Waals surface area contributed by atoms with Crippen LogP contribution in [0.25, 0.3) is 16.8 Å². The van der Waals surface area contributed by atoms with Crippen molar-refractivity contribution in [3.63, 3.8) is 0 Å². The Labute approximate surface area is 174 Å². The molecule has 0 fully saturated rings. The number of fused-ring (bicyclic) bond motifs is 1. The third-order valence-electron chi connectivity index (χ3n) is 4.81. The Morgan fingerprint density at radius 2 is 1.84 bits per heavy atom. The molecule has 3 aromatic heterocycles. The molecular formula is C22H16F3N3O3. The highest BCUT2D eigenvalue weighted by Crippen LogP contribution is 2.33. The molecule has 0 aliphatic carbocycles. The molecular weight excluding hydrogens is 411 g/mol. The van der Waals surface area contributed by atoms with Crippen molar-refractivity contribution in [1.82, 2.24) is 14.6 Å². The fourth-order valence-electron chi connectivity index (χ4n) is 3.30. The van der Waals surface area contributed by atoms with Crippen LogP contribution >= 0.6 is 0 Å². The summed E-state index contributed by atoms with van der Waals surface area (Å²) in [5.41, 5.74) is 2.05. The first-order valence-electron chi connectivity index (χ1n) is 9.18. The smallest absolute Gasteiger partial charge is 0.416 e. The second kappa shape index (κ2) is 7.75. The molecule has 0 saturated carbocycles. The third kappa shape index (κ3) is 4.07. The summed E-state index contributed by atoms with van der Waals surface area (Å²) in [5, 5.41) is 13.8. The van der Waals surface area contributed by atoms with E-state index in [0.29, 0.717) is 33.8 Å². The van der Waals surface area contributed by atoms with E-state index >= 15 is 0 Å². The van der Waals surface area contributed by atoms with E-state index in [-0.39, 0.29) is 12.1 Å². The zero-order valence-corrected chi connectivity index (χ0v) is 16.2. The summed E-state index contributed by atoms with van der Waals surface area (Å²) in [5.74, 6) is -0.582. The van der Waals surface area contributed by atoms with E-state index in [0.717, 1.165) is 12.1 Å². The zero-order chi connectivity index (χ0) is 22.2. The van der Waals surface area contributed by atoms with E-state index in [9.17, 15) is 23.1 Å². The van der Waals surface area contributed by atoms with Gasteiger partial charge < -0.3 is 9.84 Å². The van der Waals surface area contributed by atoms with Gasteiger partial charge in [-0.25, -0.2) is 14.3 Å². The molecule has 4 rings (SSSR count). The predicted octanol–water partition coefficient (Wildman–Crippen LogP) is 4.71. The Hall–Kier alpha value is -3.88. The molecule has 158 valence electrons. The van der Waals surface area contributed by atoms with E-state index in [2.05, 4.69) is 10.1 Å².